The number of methoxy groups -OCH3 is 2. The van der Waals surface area contributed by atoms with Gasteiger partial charge in [0.1, 0.15) is 6.61 Å². The van der Waals surface area contributed by atoms with Crippen molar-refractivity contribution in [1.82, 2.24) is 0 Å². The summed E-state index contributed by atoms with van der Waals surface area (Å²) >= 11 is 0. The van der Waals surface area contributed by atoms with Crippen molar-refractivity contribution in [3.63, 3.8) is 0 Å². The summed E-state index contributed by atoms with van der Waals surface area (Å²) in [6.45, 7) is -0.0715. The highest BCUT2D eigenvalue weighted by Crippen LogP contribution is 2.29. The molecule has 0 aliphatic rings. The number of rotatable bonds is 7. The third-order valence-corrected chi connectivity index (χ3v) is 2.14. The maximum Gasteiger partial charge on any atom is 0.250 e. The number of carbonyl (C=O) groups is 1. The monoisotopic (exact) mass is 255 g/mol. The molecule has 2 N–H and O–H groups in total. The Hall–Kier alpha value is -1.79. The third kappa shape index (κ3) is 4.23. The second-order valence-electron chi connectivity index (χ2n) is 3.39. The predicted octanol–water partition coefficient (Wildman–Crippen LogP) is 0.651. The Bertz CT molecular complexity index is 394. The molecule has 1 aromatic rings. The molecule has 0 fully saturated rings. The summed E-state index contributed by atoms with van der Waals surface area (Å²) < 4.78 is 15.1. The Morgan fingerprint density at radius 3 is 2.61 bits per heavy atom. The van der Waals surface area contributed by atoms with E-state index >= 15 is 0 Å². The molecule has 18 heavy (non-hydrogen) atoms. The van der Waals surface area contributed by atoms with Gasteiger partial charge in [-0.15, -0.1) is 0 Å². The normalized spacial score (nSPS) is 9.94. The van der Waals surface area contributed by atoms with Gasteiger partial charge in [-0.2, -0.15) is 0 Å². The first-order chi connectivity index (χ1) is 8.71. The van der Waals surface area contributed by atoms with E-state index in [0.717, 1.165) is 0 Å². The summed E-state index contributed by atoms with van der Waals surface area (Å²) in [4.78, 5) is 11.5. The smallest absolute Gasteiger partial charge is 0.250 e. The van der Waals surface area contributed by atoms with Crippen LogP contribution in [0.25, 0.3) is 0 Å². The number of amides is 1. The van der Waals surface area contributed by atoms with Crippen LogP contribution >= 0.6 is 0 Å². The topological polar surface area (TPSA) is 77.0 Å². The molecule has 0 radical (unpaired) electrons. The first kappa shape index (κ1) is 14.3. The highest BCUT2D eigenvalue weighted by molar-refractivity contribution is 5.92. The lowest BCUT2D eigenvalue weighted by Gasteiger charge is -2.10. The molecule has 0 aromatic heterocycles. The zero-order chi connectivity index (χ0) is 13.4. The average Bonchev–Trinajstić information content (AvgIpc) is 2.39. The van der Waals surface area contributed by atoms with Crippen molar-refractivity contribution in [2.45, 2.75) is 0 Å². The Morgan fingerprint density at radius 1 is 1.28 bits per heavy atom. The van der Waals surface area contributed by atoms with Gasteiger partial charge in [0.2, 0.25) is 5.91 Å². The molecule has 6 nitrogen and oxygen atoms in total. The first-order valence-corrected chi connectivity index (χ1v) is 5.41. The van der Waals surface area contributed by atoms with Crippen molar-refractivity contribution in [2.75, 3.05) is 39.4 Å². The Morgan fingerprint density at radius 2 is 2.00 bits per heavy atom. The van der Waals surface area contributed by atoms with Gasteiger partial charge in [0.25, 0.3) is 0 Å². The quantitative estimate of drug-likeness (QED) is 0.700. The summed E-state index contributed by atoms with van der Waals surface area (Å²) in [5.74, 6) is 0.828. The van der Waals surface area contributed by atoms with Crippen molar-refractivity contribution >= 4 is 11.6 Å². The fraction of sp³-hybridized carbons (Fsp3) is 0.417. The zero-order valence-electron chi connectivity index (χ0n) is 10.4. The van der Waals surface area contributed by atoms with Gasteiger partial charge in [-0.3, -0.25) is 4.79 Å². The number of anilines is 1. The molecule has 0 bridgehead atoms. The lowest BCUT2D eigenvalue weighted by atomic mass is 10.2. The predicted molar refractivity (Wildman–Crippen MR) is 66.1 cm³/mol. The van der Waals surface area contributed by atoms with Crippen LogP contribution in [0.4, 0.5) is 5.69 Å². The van der Waals surface area contributed by atoms with Crippen LogP contribution in [-0.4, -0.2) is 45.1 Å². The third-order valence-electron chi connectivity index (χ3n) is 2.14. The van der Waals surface area contributed by atoms with Crippen LogP contribution in [0.2, 0.25) is 0 Å². The Balaban J connectivity index is 2.59. The van der Waals surface area contributed by atoms with Gasteiger partial charge >= 0.3 is 0 Å². The van der Waals surface area contributed by atoms with E-state index in [1.165, 1.54) is 7.11 Å². The van der Waals surface area contributed by atoms with E-state index in [2.05, 4.69) is 5.32 Å². The number of aliphatic hydroxyl groups is 1. The van der Waals surface area contributed by atoms with Gasteiger partial charge in [-0.05, 0) is 12.1 Å². The second-order valence-corrected chi connectivity index (χ2v) is 3.39. The maximum atomic E-state index is 11.5. The van der Waals surface area contributed by atoms with Crippen LogP contribution in [0.3, 0.4) is 0 Å². The summed E-state index contributed by atoms with van der Waals surface area (Å²) in [7, 11) is 3.06. The molecule has 1 rings (SSSR count). The van der Waals surface area contributed by atoms with Crippen LogP contribution in [0, 0.1) is 0 Å². The Labute approximate surface area is 105 Å². The SMILES string of the molecule is COc1ccc(NC(=O)COCCO)cc1OC. The number of carbonyl (C=O) groups excluding carboxylic acids is 1. The molecule has 0 spiro atoms. The second kappa shape index (κ2) is 7.52. The summed E-state index contributed by atoms with van der Waals surface area (Å²) in [6, 6.07) is 5.05. The molecule has 0 aliphatic carbocycles. The van der Waals surface area contributed by atoms with Gasteiger partial charge in [-0.1, -0.05) is 0 Å². The number of benzene rings is 1. The van der Waals surface area contributed by atoms with E-state index in [4.69, 9.17) is 19.3 Å². The van der Waals surface area contributed by atoms with Crippen LogP contribution in [0.1, 0.15) is 0 Å². The molecule has 0 saturated heterocycles. The molecule has 0 heterocycles. The van der Waals surface area contributed by atoms with Crippen molar-refractivity contribution in [3.8, 4) is 11.5 Å². The minimum Gasteiger partial charge on any atom is -0.493 e. The molecule has 1 aromatic carbocycles. The molecule has 0 unspecified atom stereocenters. The minimum atomic E-state index is -0.296. The van der Waals surface area contributed by atoms with E-state index in [-0.39, 0.29) is 25.7 Å². The highest BCUT2D eigenvalue weighted by Gasteiger charge is 2.07. The molecule has 0 atom stereocenters. The fourth-order valence-corrected chi connectivity index (χ4v) is 1.34. The molecule has 100 valence electrons. The van der Waals surface area contributed by atoms with Gasteiger partial charge in [0.05, 0.1) is 27.4 Å². The van der Waals surface area contributed by atoms with Gasteiger partial charge < -0.3 is 24.6 Å². The van der Waals surface area contributed by atoms with Gasteiger partial charge in [0, 0.05) is 11.8 Å². The van der Waals surface area contributed by atoms with Crippen LogP contribution in [0.5, 0.6) is 11.5 Å². The number of aliphatic hydroxyl groups excluding tert-OH is 1. The van der Waals surface area contributed by atoms with E-state index in [1.807, 2.05) is 0 Å². The number of nitrogens with one attached hydrogen (secondary N) is 1. The lowest BCUT2D eigenvalue weighted by molar-refractivity contribution is -0.120. The van der Waals surface area contributed by atoms with E-state index < -0.39 is 0 Å². The van der Waals surface area contributed by atoms with Gasteiger partial charge in [0.15, 0.2) is 11.5 Å². The van der Waals surface area contributed by atoms with Crippen LogP contribution < -0.4 is 14.8 Å². The Kier molecular flexibility index (Phi) is 5.96. The molecular weight excluding hydrogens is 238 g/mol. The molecule has 0 saturated carbocycles. The minimum absolute atomic E-state index is 0.102. The molecule has 1 amide bonds. The van der Waals surface area contributed by atoms with Crippen LogP contribution in [-0.2, 0) is 9.53 Å². The zero-order valence-corrected chi connectivity index (χ0v) is 10.4. The van der Waals surface area contributed by atoms with Crippen LogP contribution in [0.15, 0.2) is 18.2 Å². The standard InChI is InChI=1S/C12H17NO5/c1-16-10-4-3-9(7-11(10)17-2)13-12(15)8-18-6-5-14/h3-4,7,14H,5-6,8H2,1-2H3,(H,13,15). The fourth-order valence-electron chi connectivity index (χ4n) is 1.34. The van der Waals surface area contributed by atoms with Gasteiger partial charge in [-0.25, -0.2) is 0 Å². The summed E-state index contributed by atoms with van der Waals surface area (Å²) in [6.07, 6.45) is 0. The van der Waals surface area contributed by atoms with E-state index in [9.17, 15) is 4.79 Å². The molecular formula is C12H17NO5. The van der Waals surface area contributed by atoms with E-state index in [1.54, 1.807) is 25.3 Å². The largest absolute Gasteiger partial charge is 0.493 e. The highest BCUT2D eigenvalue weighted by atomic mass is 16.5. The summed E-state index contributed by atoms with van der Waals surface area (Å²) in [5.41, 5.74) is 0.588. The molecule has 0 aliphatic heterocycles. The van der Waals surface area contributed by atoms with Crippen molar-refractivity contribution in [2.24, 2.45) is 0 Å². The van der Waals surface area contributed by atoms with E-state index in [0.29, 0.717) is 17.2 Å². The number of hydrogen-bond acceptors (Lipinski definition) is 5. The first-order valence-electron chi connectivity index (χ1n) is 5.41. The summed E-state index contributed by atoms with van der Waals surface area (Å²) in [5, 5.41) is 11.2. The maximum absolute atomic E-state index is 11.5. The average molecular weight is 255 g/mol. The van der Waals surface area contributed by atoms with Crippen molar-refractivity contribution in [3.05, 3.63) is 18.2 Å². The van der Waals surface area contributed by atoms with Crippen molar-refractivity contribution < 1.29 is 24.1 Å². The number of ether oxygens (including phenoxy) is 3. The van der Waals surface area contributed by atoms with Crippen molar-refractivity contribution in [1.29, 1.82) is 0 Å². The number of hydrogen-bond donors (Lipinski definition) is 2. The lowest BCUT2D eigenvalue weighted by Crippen LogP contribution is -2.19. The molecule has 6 heteroatoms.